The van der Waals surface area contributed by atoms with Crippen LogP contribution in [0.3, 0.4) is 0 Å². The van der Waals surface area contributed by atoms with E-state index in [1.54, 1.807) is 17.6 Å². The fourth-order valence-corrected chi connectivity index (χ4v) is 6.39. The number of likely N-dealkylation sites (tertiary alicyclic amines) is 1. The molecule has 3 aliphatic heterocycles. The first-order valence-corrected chi connectivity index (χ1v) is 11.9. The van der Waals surface area contributed by atoms with E-state index in [1.807, 2.05) is 4.90 Å². The number of pyridine rings is 2. The Balaban J connectivity index is 1.54. The minimum absolute atomic E-state index is 0.109. The number of aromatic nitrogens is 2. The molecule has 1 amide bonds. The molecule has 178 valence electrons. The zero-order chi connectivity index (χ0) is 24.2. The second-order valence-electron chi connectivity index (χ2n) is 9.82. The Morgan fingerprint density at radius 1 is 1.14 bits per heavy atom. The third-order valence-corrected chi connectivity index (χ3v) is 8.10. The van der Waals surface area contributed by atoms with E-state index >= 15 is 0 Å². The normalized spacial score (nSPS) is 22.3. The fraction of sp³-hybridized carbons (Fsp3) is 0.385. The lowest BCUT2D eigenvalue weighted by molar-refractivity contribution is -0.157. The summed E-state index contributed by atoms with van der Waals surface area (Å²) < 4.78 is 21.5. The number of amides is 1. The van der Waals surface area contributed by atoms with Crippen LogP contribution in [0.25, 0.3) is 22.3 Å². The molecule has 3 aromatic rings. The number of fused-ring (bicyclic) bond motifs is 5. The highest BCUT2D eigenvalue weighted by atomic mass is 19.1. The minimum atomic E-state index is -1.54. The van der Waals surface area contributed by atoms with Crippen LogP contribution in [0, 0.1) is 12.7 Å². The number of aliphatic hydroxyl groups is 1. The maximum absolute atomic E-state index is 14.9. The first kappa shape index (κ1) is 20.8. The molecule has 9 heteroatoms. The van der Waals surface area contributed by atoms with E-state index in [2.05, 4.69) is 0 Å². The Hall–Kier alpha value is -3.59. The van der Waals surface area contributed by atoms with Gasteiger partial charge in [0.25, 0.3) is 5.56 Å². The van der Waals surface area contributed by atoms with Crippen LogP contribution in [0.1, 0.15) is 64.8 Å². The number of benzene rings is 1. The molecular formula is C26H22FN3O5. The molecule has 1 aromatic carbocycles. The third kappa shape index (κ3) is 2.64. The molecule has 35 heavy (non-hydrogen) atoms. The number of rotatable bonds is 1. The van der Waals surface area contributed by atoms with Crippen molar-refractivity contribution >= 4 is 22.8 Å². The second kappa shape index (κ2) is 6.97. The lowest BCUT2D eigenvalue weighted by Crippen LogP contribution is -2.33. The standard InChI is InChI=1S/C26H22FN3O5/c1-11-12-4-5-18(29-6-2-3-20(29)31)22-14-9-30-19(23(14)28-17(21(12)22)8-16(11)27)7-13-15(25(30)33)10-35-26(34)24(13)32/h7-8,18,24,32H,2-6,9-10H2,1H3/t18-,24?/m1/s1. The largest absolute Gasteiger partial charge is 0.458 e. The summed E-state index contributed by atoms with van der Waals surface area (Å²) in [6.07, 6.45) is 1.11. The number of esters is 1. The number of carbonyl (C=O) groups excluding carboxylic acids is 2. The Labute approximate surface area is 198 Å². The van der Waals surface area contributed by atoms with Gasteiger partial charge in [0.2, 0.25) is 5.91 Å². The van der Waals surface area contributed by atoms with Gasteiger partial charge in [0, 0.05) is 35.5 Å². The predicted molar refractivity (Wildman–Crippen MR) is 122 cm³/mol. The van der Waals surface area contributed by atoms with E-state index in [-0.39, 0.29) is 47.6 Å². The number of aryl methyl sites for hydroxylation is 1. The van der Waals surface area contributed by atoms with Gasteiger partial charge in [0.05, 0.1) is 35.1 Å². The van der Waals surface area contributed by atoms with Gasteiger partial charge in [-0.05, 0) is 48.9 Å². The molecular weight excluding hydrogens is 453 g/mol. The van der Waals surface area contributed by atoms with E-state index in [0.717, 1.165) is 28.5 Å². The lowest BCUT2D eigenvalue weighted by atomic mass is 9.81. The van der Waals surface area contributed by atoms with Gasteiger partial charge < -0.3 is 19.3 Å². The van der Waals surface area contributed by atoms with Crippen LogP contribution in [0.15, 0.2) is 16.9 Å². The van der Waals surface area contributed by atoms with Gasteiger partial charge in [0.15, 0.2) is 6.10 Å². The van der Waals surface area contributed by atoms with E-state index in [4.69, 9.17) is 9.72 Å². The summed E-state index contributed by atoms with van der Waals surface area (Å²) in [6.45, 7) is 2.51. The van der Waals surface area contributed by atoms with Gasteiger partial charge in [-0.2, -0.15) is 0 Å². The molecule has 2 atom stereocenters. The van der Waals surface area contributed by atoms with E-state index < -0.39 is 12.1 Å². The van der Waals surface area contributed by atoms with E-state index in [1.165, 1.54) is 6.07 Å². The Morgan fingerprint density at radius 3 is 2.74 bits per heavy atom. The van der Waals surface area contributed by atoms with Crippen molar-refractivity contribution in [3.63, 3.8) is 0 Å². The molecule has 0 saturated carbocycles. The maximum atomic E-state index is 14.9. The molecule has 0 radical (unpaired) electrons. The second-order valence-corrected chi connectivity index (χ2v) is 9.82. The molecule has 7 rings (SSSR count). The highest BCUT2D eigenvalue weighted by Crippen LogP contribution is 2.47. The molecule has 0 spiro atoms. The maximum Gasteiger partial charge on any atom is 0.340 e. The average Bonchev–Trinajstić information content (AvgIpc) is 3.43. The van der Waals surface area contributed by atoms with Crippen molar-refractivity contribution in [3.8, 4) is 11.4 Å². The number of aliphatic hydroxyl groups excluding tert-OH is 1. The van der Waals surface area contributed by atoms with Crippen LogP contribution in [0.4, 0.5) is 4.39 Å². The molecule has 1 saturated heterocycles. The van der Waals surface area contributed by atoms with Crippen molar-refractivity contribution in [2.24, 2.45) is 0 Å². The number of ether oxygens (including phenoxy) is 1. The van der Waals surface area contributed by atoms with Gasteiger partial charge in [-0.1, -0.05) is 0 Å². The first-order chi connectivity index (χ1) is 16.8. The number of carbonyl (C=O) groups is 2. The van der Waals surface area contributed by atoms with Gasteiger partial charge in [-0.15, -0.1) is 0 Å². The monoisotopic (exact) mass is 475 g/mol. The van der Waals surface area contributed by atoms with Crippen LogP contribution in [0.5, 0.6) is 0 Å². The zero-order valence-electron chi connectivity index (χ0n) is 19.1. The molecule has 2 aromatic heterocycles. The van der Waals surface area contributed by atoms with Gasteiger partial charge in [-0.25, -0.2) is 14.2 Å². The van der Waals surface area contributed by atoms with Crippen LogP contribution in [-0.2, 0) is 33.9 Å². The first-order valence-electron chi connectivity index (χ1n) is 11.9. The topological polar surface area (TPSA) is 102 Å². The quantitative estimate of drug-likeness (QED) is 0.425. The molecule has 5 heterocycles. The Bertz CT molecular complexity index is 1580. The van der Waals surface area contributed by atoms with Crippen molar-refractivity contribution in [1.29, 1.82) is 0 Å². The van der Waals surface area contributed by atoms with E-state index in [0.29, 0.717) is 48.3 Å². The molecule has 0 bridgehead atoms. The van der Waals surface area contributed by atoms with Gasteiger partial charge in [-0.3, -0.25) is 9.59 Å². The zero-order valence-corrected chi connectivity index (χ0v) is 19.1. The van der Waals surface area contributed by atoms with Crippen molar-refractivity contribution in [1.82, 2.24) is 14.5 Å². The summed E-state index contributed by atoms with van der Waals surface area (Å²) in [5.74, 6) is -1.02. The molecule has 1 N–H and O–H groups in total. The highest BCUT2D eigenvalue weighted by Gasteiger charge is 2.40. The number of cyclic esters (lactones) is 1. The number of halogens is 1. The van der Waals surface area contributed by atoms with Crippen LogP contribution < -0.4 is 5.56 Å². The summed E-state index contributed by atoms with van der Waals surface area (Å²) in [7, 11) is 0. The third-order valence-electron chi connectivity index (χ3n) is 8.10. The molecule has 4 aliphatic rings. The fourth-order valence-electron chi connectivity index (χ4n) is 6.39. The molecule has 8 nitrogen and oxygen atoms in total. The SMILES string of the molecule is Cc1c(F)cc2nc3c(c4c2c1CC[C@H]4N1CCCC1=O)Cn1c-3cc2c(c1=O)COC(=O)C2O. The Kier molecular flexibility index (Phi) is 4.14. The molecule has 1 fully saturated rings. The Morgan fingerprint density at radius 2 is 1.97 bits per heavy atom. The van der Waals surface area contributed by atoms with Crippen molar-refractivity contribution in [3.05, 3.63) is 61.7 Å². The van der Waals surface area contributed by atoms with Crippen LogP contribution in [0.2, 0.25) is 0 Å². The van der Waals surface area contributed by atoms with Crippen molar-refractivity contribution in [2.45, 2.75) is 57.9 Å². The van der Waals surface area contributed by atoms with Crippen LogP contribution >= 0.6 is 0 Å². The minimum Gasteiger partial charge on any atom is -0.458 e. The highest BCUT2D eigenvalue weighted by molar-refractivity contribution is 5.94. The number of hydrogen-bond acceptors (Lipinski definition) is 6. The van der Waals surface area contributed by atoms with Gasteiger partial charge in [0.1, 0.15) is 12.4 Å². The summed E-state index contributed by atoms with van der Waals surface area (Å²) in [6, 6.07) is 2.89. The summed E-state index contributed by atoms with van der Waals surface area (Å²) in [4.78, 5) is 44.9. The van der Waals surface area contributed by atoms with E-state index in [9.17, 15) is 23.9 Å². The number of nitrogens with zero attached hydrogens (tertiary/aromatic N) is 3. The van der Waals surface area contributed by atoms with Crippen LogP contribution in [-0.4, -0.2) is 38.0 Å². The smallest absolute Gasteiger partial charge is 0.340 e. The summed E-state index contributed by atoms with van der Waals surface area (Å²) >= 11 is 0. The average molecular weight is 475 g/mol. The molecule has 1 unspecified atom stereocenters. The van der Waals surface area contributed by atoms with Crippen molar-refractivity contribution in [2.75, 3.05) is 6.54 Å². The van der Waals surface area contributed by atoms with Crippen molar-refractivity contribution < 1.29 is 23.8 Å². The predicted octanol–water partition coefficient (Wildman–Crippen LogP) is 2.57. The summed E-state index contributed by atoms with van der Waals surface area (Å²) in [5.41, 5.74) is 4.93. The molecule has 1 aliphatic carbocycles. The lowest BCUT2D eigenvalue weighted by Gasteiger charge is -2.35. The summed E-state index contributed by atoms with van der Waals surface area (Å²) in [5, 5.41) is 11.3. The number of hydrogen-bond donors (Lipinski definition) is 1. The van der Waals surface area contributed by atoms with Gasteiger partial charge >= 0.3 is 5.97 Å².